The number of likely N-dealkylation sites (N-methyl/N-ethyl adjacent to an activating group) is 1. The van der Waals surface area contributed by atoms with Crippen molar-refractivity contribution in [2.75, 3.05) is 39.6 Å². The highest BCUT2D eigenvalue weighted by Crippen LogP contribution is 2.34. The second-order valence-electron chi connectivity index (χ2n) is 8.50. The van der Waals surface area contributed by atoms with E-state index in [1.54, 1.807) is 31.4 Å². The summed E-state index contributed by atoms with van der Waals surface area (Å²) < 4.78 is 33.2. The Balaban J connectivity index is 1.59. The largest absolute Gasteiger partial charge is 0.497 e. The Morgan fingerprint density at radius 1 is 1.06 bits per heavy atom. The number of fused-ring (bicyclic) bond motifs is 1. The molecule has 0 fully saturated rings. The van der Waals surface area contributed by atoms with E-state index in [-0.39, 0.29) is 10.8 Å². The van der Waals surface area contributed by atoms with Gasteiger partial charge in [0.2, 0.25) is 16.0 Å². The minimum atomic E-state index is -3.64. The Morgan fingerprint density at radius 2 is 1.86 bits per heavy atom. The number of nitrogens with one attached hydrogen (secondary N) is 2. The summed E-state index contributed by atoms with van der Waals surface area (Å²) in [5.41, 5.74) is 4.40. The van der Waals surface area contributed by atoms with Crippen molar-refractivity contribution < 1.29 is 13.2 Å². The summed E-state index contributed by atoms with van der Waals surface area (Å²) in [7, 11) is 1.73. The van der Waals surface area contributed by atoms with Crippen LogP contribution in [-0.4, -0.2) is 62.8 Å². The molecule has 11 heteroatoms. The van der Waals surface area contributed by atoms with Crippen molar-refractivity contribution in [3.8, 4) is 16.9 Å². The molecule has 0 saturated heterocycles. The predicted octanol–water partition coefficient (Wildman–Crippen LogP) is 4.25. The standard InChI is InChI=1S/C25H27ClN6O3S/c1-16-12-17(21-15-19(35-4)8-9-22(21)26)13-23-24(16)29-25(31-30-23)28-18-6-5-7-20(14-18)36(33,34)27-10-11-32(2)3/h5-9,12-15,27H,10-11H2,1-4H3,(H,28,29,31). The Morgan fingerprint density at radius 3 is 2.61 bits per heavy atom. The first kappa shape index (κ1) is 25.8. The number of nitrogens with zero attached hydrogens (tertiary/aromatic N) is 4. The fourth-order valence-electron chi connectivity index (χ4n) is 3.63. The normalized spacial score (nSPS) is 11.7. The van der Waals surface area contributed by atoms with Crippen molar-refractivity contribution in [1.29, 1.82) is 0 Å². The molecule has 3 aromatic carbocycles. The average molecular weight is 527 g/mol. The van der Waals surface area contributed by atoms with Crippen molar-refractivity contribution in [3.63, 3.8) is 0 Å². The van der Waals surface area contributed by atoms with Gasteiger partial charge in [0.05, 0.1) is 17.5 Å². The Labute approximate surface area is 215 Å². The van der Waals surface area contributed by atoms with Crippen LogP contribution in [-0.2, 0) is 10.0 Å². The number of rotatable bonds is 9. The summed E-state index contributed by atoms with van der Waals surface area (Å²) in [6.07, 6.45) is 0. The SMILES string of the molecule is COc1ccc(Cl)c(-c2cc(C)c3nc(Nc4cccc(S(=O)(=O)NCCN(C)C)c4)nnc3c2)c1. The van der Waals surface area contributed by atoms with Crippen LogP contribution in [0.25, 0.3) is 22.2 Å². The molecular weight excluding hydrogens is 500 g/mol. The van der Waals surface area contributed by atoms with E-state index >= 15 is 0 Å². The molecule has 0 unspecified atom stereocenters. The van der Waals surface area contributed by atoms with E-state index < -0.39 is 10.0 Å². The van der Waals surface area contributed by atoms with Crippen molar-refractivity contribution >= 4 is 44.3 Å². The quantitative estimate of drug-likeness (QED) is 0.333. The van der Waals surface area contributed by atoms with E-state index in [0.717, 1.165) is 16.7 Å². The second-order valence-corrected chi connectivity index (χ2v) is 10.7. The number of anilines is 2. The molecule has 9 nitrogen and oxygen atoms in total. The molecule has 0 atom stereocenters. The Kier molecular flexibility index (Phi) is 7.70. The van der Waals surface area contributed by atoms with Crippen LogP contribution in [0.5, 0.6) is 5.75 Å². The molecule has 188 valence electrons. The first-order chi connectivity index (χ1) is 17.2. The summed E-state index contributed by atoms with van der Waals surface area (Å²) in [6.45, 7) is 2.84. The molecule has 0 aliphatic carbocycles. The number of ether oxygens (including phenoxy) is 1. The number of sulfonamides is 1. The Bertz CT molecular complexity index is 1510. The van der Waals surface area contributed by atoms with Crippen LogP contribution in [0.1, 0.15) is 5.56 Å². The van der Waals surface area contributed by atoms with Gasteiger partial charge in [0.1, 0.15) is 11.3 Å². The van der Waals surface area contributed by atoms with Crippen LogP contribution in [0.4, 0.5) is 11.6 Å². The number of aryl methyl sites for hydroxylation is 1. The van der Waals surface area contributed by atoms with Gasteiger partial charge >= 0.3 is 0 Å². The van der Waals surface area contributed by atoms with Gasteiger partial charge in [0.25, 0.3) is 0 Å². The first-order valence-corrected chi connectivity index (χ1v) is 13.0. The highest BCUT2D eigenvalue weighted by atomic mass is 35.5. The highest BCUT2D eigenvalue weighted by molar-refractivity contribution is 7.89. The molecular formula is C25H27ClN6O3S. The zero-order valence-corrected chi connectivity index (χ0v) is 22.0. The molecule has 36 heavy (non-hydrogen) atoms. The van der Waals surface area contributed by atoms with E-state index in [9.17, 15) is 8.42 Å². The topological polar surface area (TPSA) is 109 Å². The van der Waals surface area contributed by atoms with Crippen LogP contribution in [0.15, 0.2) is 59.5 Å². The summed E-state index contributed by atoms with van der Waals surface area (Å²) in [6, 6.07) is 15.8. The molecule has 2 N–H and O–H groups in total. The molecule has 1 heterocycles. The molecule has 0 radical (unpaired) electrons. The molecule has 0 aliphatic rings. The lowest BCUT2D eigenvalue weighted by atomic mass is 10.0. The number of hydrogen-bond donors (Lipinski definition) is 2. The third-order valence-electron chi connectivity index (χ3n) is 5.49. The van der Waals surface area contributed by atoms with Gasteiger partial charge in [0, 0.05) is 29.4 Å². The van der Waals surface area contributed by atoms with Gasteiger partial charge in [0.15, 0.2) is 0 Å². The van der Waals surface area contributed by atoms with Crippen LogP contribution >= 0.6 is 11.6 Å². The number of halogens is 1. The van der Waals surface area contributed by atoms with Crippen molar-refractivity contribution in [2.45, 2.75) is 11.8 Å². The maximum atomic E-state index is 12.6. The van der Waals surface area contributed by atoms with E-state index in [1.165, 1.54) is 12.1 Å². The van der Waals surface area contributed by atoms with Gasteiger partial charge in [-0.3, -0.25) is 0 Å². The lowest BCUT2D eigenvalue weighted by Crippen LogP contribution is -2.31. The van der Waals surface area contributed by atoms with Crippen LogP contribution < -0.4 is 14.8 Å². The molecule has 4 rings (SSSR count). The van der Waals surface area contributed by atoms with E-state index in [4.69, 9.17) is 16.3 Å². The third kappa shape index (κ3) is 5.90. The minimum absolute atomic E-state index is 0.149. The monoisotopic (exact) mass is 526 g/mol. The number of methoxy groups -OCH3 is 1. The number of hydrogen-bond acceptors (Lipinski definition) is 8. The van der Waals surface area contributed by atoms with Crippen molar-refractivity contribution in [1.82, 2.24) is 24.8 Å². The Hall–Kier alpha value is -3.31. The van der Waals surface area contributed by atoms with Crippen LogP contribution in [0.2, 0.25) is 5.02 Å². The van der Waals surface area contributed by atoms with E-state index in [2.05, 4.69) is 25.2 Å². The summed E-state index contributed by atoms with van der Waals surface area (Å²) >= 11 is 6.43. The zero-order chi connectivity index (χ0) is 25.9. The lowest BCUT2D eigenvalue weighted by Gasteiger charge is -2.12. The molecule has 0 amide bonds. The fourth-order valence-corrected chi connectivity index (χ4v) is 4.92. The number of aromatic nitrogens is 3. The summed E-state index contributed by atoms with van der Waals surface area (Å²) in [5, 5.41) is 12.2. The number of benzene rings is 3. The molecule has 0 spiro atoms. The first-order valence-electron chi connectivity index (χ1n) is 11.2. The third-order valence-corrected chi connectivity index (χ3v) is 7.27. The van der Waals surface area contributed by atoms with Gasteiger partial charge in [-0.2, -0.15) is 0 Å². The van der Waals surface area contributed by atoms with E-state index in [1.807, 2.05) is 44.1 Å². The smallest absolute Gasteiger partial charge is 0.247 e. The lowest BCUT2D eigenvalue weighted by molar-refractivity contribution is 0.412. The van der Waals surface area contributed by atoms with Crippen LogP contribution in [0, 0.1) is 6.92 Å². The van der Waals surface area contributed by atoms with Crippen molar-refractivity contribution in [3.05, 3.63) is 65.2 Å². The maximum Gasteiger partial charge on any atom is 0.247 e. The van der Waals surface area contributed by atoms with Crippen molar-refractivity contribution in [2.24, 2.45) is 0 Å². The zero-order valence-electron chi connectivity index (χ0n) is 20.4. The maximum absolute atomic E-state index is 12.6. The highest BCUT2D eigenvalue weighted by Gasteiger charge is 2.15. The summed E-state index contributed by atoms with van der Waals surface area (Å²) in [4.78, 5) is 6.66. The van der Waals surface area contributed by atoms with Crippen LogP contribution in [0.3, 0.4) is 0 Å². The molecule has 0 aliphatic heterocycles. The van der Waals surface area contributed by atoms with Gasteiger partial charge in [-0.05, 0) is 80.7 Å². The van der Waals surface area contributed by atoms with Gasteiger partial charge in [-0.1, -0.05) is 17.7 Å². The molecule has 0 bridgehead atoms. The molecule has 0 saturated carbocycles. The molecule has 4 aromatic rings. The summed E-state index contributed by atoms with van der Waals surface area (Å²) in [5.74, 6) is 0.959. The van der Waals surface area contributed by atoms with Gasteiger partial charge in [-0.25, -0.2) is 18.1 Å². The molecule has 1 aromatic heterocycles. The average Bonchev–Trinajstić information content (AvgIpc) is 2.84. The fraction of sp³-hybridized carbons (Fsp3) is 0.240. The van der Waals surface area contributed by atoms with E-state index in [0.29, 0.717) is 40.6 Å². The second kappa shape index (κ2) is 10.8. The van der Waals surface area contributed by atoms with Gasteiger partial charge < -0.3 is 15.0 Å². The predicted molar refractivity (Wildman–Crippen MR) is 143 cm³/mol. The van der Waals surface area contributed by atoms with Gasteiger partial charge in [-0.15, -0.1) is 10.2 Å². The minimum Gasteiger partial charge on any atom is -0.497 e.